The monoisotopic (exact) mass is 299 g/mol. The number of rotatable bonds is 3. The minimum Gasteiger partial charge on any atom is -0.258 e. The van der Waals surface area contributed by atoms with E-state index >= 15 is 0 Å². The van der Waals surface area contributed by atoms with Crippen LogP contribution in [0.4, 0.5) is 5.69 Å². The van der Waals surface area contributed by atoms with Crippen molar-refractivity contribution in [2.24, 2.45) is 0 Å². The summed E-state index contributed by atoms with van der Waals surface area (Å²) in [7, 11) is 0. The molecule has 0 N–H and O–H groups in total. The number of nitro groups is 1. The van der Waals surface area contributed by atoms with Gasteiger partial charge >= 0.3 is 5.69 Å². The van der Waals surface area contributed by atoms with Crippen molar-refractivity contribution in [3.63, 3.8) is 0 Å². The Hall–Kier alpha value is -1.59. The number of hydrogen-bond donors (Lipinski definition) is 0. The molecule has 0 unspecified atom stereocenters. The van der Waals surface area contributed by atoms with Crippen LogP contribution in [0.15, 0.2) is 18.2 Å². The van der Waals surface area contributed by atoms with Crippen LogP contribution in [0.3, 0.4) is 0 Å². The Bertz CT molecular complexity index is 653. The average Bonchev–Trinajstić information content (AvgIpc) is 2.70. The van der Waals surface area contributed by atoms with E-state index in [1.807, 2.05) is 13.0 Å². The second kappa shape index (κ2) is 5.19. The van der Waals surface area contributed by atoms with Gasteiger partial charge in [0.05, 0.1) is 10.6 Å². The smallest absolute Gasteiger partial charge is 0.258 e. The molecule has 0 aliphatic carbocycles. The van der Waals surface area contributed by atoms with Crippen molar-refractivity contribution in [3.05, 3.63) is 49.7 Å². The molecule has 100 valence electrons. The maximum absolute atomic E-state index is 11.0. The van der Waals surface area contributed by atoms with Gasteiger partial charge in [-0.15, -0.1) is 0 Å². The predicted molar refractivity (Wildman–Crippen MR) is 74.4 cm³/mol. The van der Waals surface area contributed by atoms with E-state index in [4.69, 9.17) is 23.2 Å². The molecule has 0 aliphatic rings. The van der Waals surface area contributed by atoms with Gasteiger partial charge in [-0.25, -0.2) is 4.68 Å². The van der Waals surface area contributed by atoms with E-state index < -0.39 is 4.92 Å². The number of aromatic nitrogens is 2. The van der Waals surface area contributed by atoms with Crippen LogP contribution in [0.1, 0.15) is 18.2 Å². The molecule has 0 fully saturated rings. The largest absolute Gasteiger partial charge is 0.329 e. The van der Waals surface area contributed by atoms with Gasteiger partial charge in [-0.1, -0.05) is 36.2 Å². The normalized spacial score (nSPS) is 10.7. The lowest BCUT2D eigenvalue weighted by Gasteiger charge is -2.04. The van der Waals surface area contributed by atoms with Crippen LogP contribution >= 0.6 is 23.2 Å². The second-order valence-corrected chi connectivity index (χ2v) is 4.81. The van der Waals surface area contributed by atoms with Crippen molar-refractivity contribution >= 4 is 28.9 Å². The quantitative estimate of drug-likeness (QED) is 0.636. The predicted octanol–water partition coefficient (Wildman–Crippen LogP) is 3.96. The van der Waals surface area contributed by atoms with Crippen LogP contribution in [0, 0.1) is 17.0 Å². The number of hydrogen-bond acceptors (Lipinski definition) is 3. The third-order valence-electron chi connectivity index (χ3n) is 2.79. The maximum Gasteiger partial charge on any atom is 0.329 e. The first kappa shape index (κ1) is 13.8. The van der Waals surface area contributed by atoms with E-state index in [1.54, 1.807) is 19.1 Å². The Labute approximate surface area is 119 Å². The molecule has 5 nitrogen and oxygen atoms in total. The van der Waals surface area contributed by atoms with E-state index in [1.165, 1.54) is 4.68 Å². The van der Waals surface area contributed by atoms with E-state index in [9.17, 15) is 10.1 Å². The first-order chi connectivity index (χ1) is 8.95. The fourth-order valence-electron chi connectivity index (χ4n) is 1.73. The van der Waals surface area contributed by atoms with E-state index in [2.05, 4.69) is 5.10 Å². The molecular weight excluding hydrogens is 289 g/mol. The van der Waals surface area contributed by atoms with Gasteiger partial charge in [0.15, 0.2) is 0 Å². The molecule has 0 aliphatic heterocycles. The summed E-state index contributed by atoms with van der Waals surface area (Å²) in [5, 5.41) is 15.7. The van der Waals surface area contributed by atoms with Gasteiger partial charge in [0.2, 0.25) is 5.15 Å². The van der Waals surface area contributed by atoms with Gasteiger partial charge in [-0.2, -0.15) is 5.10 Å². The first-order valence-electron chi connectivity index (χ1n) is 5.64. The molecule has 0 bridgehead atoms. The van der Waals surface area contributed by atoms with Crippen LogP contribution in [-0.2, 0) is 6.42 Å². The van der Waals surface area contributed by atoms with Crippen molar-refractivity contribution in [3.8, 4) is 5.69 Å². The van der Waals surface area contributed by atoms with Gasteiger partial charge < -0.3 is 0 Å². The Morgan fingerprint density at radius 3 is 2.58 bits per heavy atom. The summed E-state index contributed by atoms with van der Waals surface area (Å²) in [6.07, 6.45) is 0.433. The number of halogens is 2. The second-order valence-electron chi connectivity index (χ2n) is 4.04. The summed E-state index contributed by atoms with van der Waals surface area (Å²) in [6.45, 7) is 3.66. The average molecular weight is 300 g/mol. The summed E-state index contributed by atoms with van der Waals surface area (Å²) < 4.78 is 1.34. The van der Waals surface area contributed by atoms with Crippen molar-refractivity contribution < 1.29 is 4.92 Å². The lowest BCUT2D eigenvalue weighted by Crippen LogP contribution is -1.97. The molecule has 0 atom stereocenters. The van der Waals surface area contributed by atoms with E-state index in [-0.39, 0.29) is 10.8 Å². The Morgan fingerprint density at radius 2 is 2.11 bits per heavy atom. The zero-order chi connectivity index (χ0) is 14.2. The molecule has 0 saturated heterocycles. The van der Waals surface area contributed by atoms with Gasteiger partial charge in [0.1, 0.15) is 5.69 Å². The number of benzene rings is 1. The summed E-state index contributed by atoms with van der Waals surface area (Å²) in [6, 6.07) is 5.26. The van der Waals surface area contributed by atoms with Crippen molar-refractivity contribution in [2.75, 3.05) is 0 Å². The van der Waals surface area contributed by atoms with Crippen molar-refractivity contribution in [1.82, 2.24) is 9.78 Å². The molecule has 1 aromatic heterocycles. The highest BCUT2D eigenvalue weighted by Gasteiger charge is 2.26. The highest BCUT2D eigenvalue weighted by molar-refractivity contribution is 6.32. The van der Waals surface area contributed by atoms with Crippen LogP contribution in [-0.4, -0.2) is 14.7 Å². The zero-order valence-corrected chi connectivity index (χ0v) is 11.9. The van der Waals surface area contributed by atoms with Gasteiger partial charge in [0, 0.05) is 5.02 Å². The molecule has 0 spiro atoms. The summed E-state index contributed by atoms with van der Waals surface area (Å²) >= 11 is 12.1. The fourth-order valence-corrected chi connectivity index (χ4v) is 2.22. The van der Waals surface area contributed by atoms with E-state index in [0.717, 1.165) is 5.56 Å². The molecule has 19 heavy (non-hydrogen) atoms. The Morgan fingerprint density at radius 1 is 1.42 bits per heavy atom. The summed E-state index contributed by atoms with van der Waals surface area (Å²) in [5.41, 5.74) is 1.72. The number of aryl methyl sites for hydroxylation is 2. The Balaban J connectivity index is 2.62. The lowest BCUT2D eigenvalue weighted by molar-refractivity contribution is -0.385. The standard InChI is InChI=1S/C12H11Cl2N3O2/c1-3-10-11(17(18)19)12(14)16(15-10)8-5-4-7(2)9(13)6-8/h4-6H,3H2,1-2H3. The third kappa shape index (κ3) is 2.43. The molecule has 2 rings (SSSR count). The summed E-state index contributed by atoms with van der Waals surface area (Å²) in [4.78, 5) is 10.5. The van der Waals surface area contributed by atoms with Crippen LogP contribution in [0.25, 0.3) is 5.69 Å². The van der Waals surface area contributed by atoms with Crippen molar-refractivity contribution in [2.45, 2.75) is 20.3 Å². The minimum atomic E-state index is -0.513. The first-order valence-corrected chi connectivity index (χ1v) is 6.39. The van der Waals surface area contributed by atoms with Crippen LogP contribution in [0.2, 0.25) is 10.2 Å². The topological polar surface area (TPSA) is 61.0 Å². The van der Waals surface area contributed by atoms with E-state index in [0.29, 0.717) is 22.8 Å². The lowest BCUT2D eigenvalue weighted by atomic mass is 10.2. The zero-order valence-electron chi connectivity index (χ0n) is 10.4. The molecule has 0 amide bonds. The van der Waals surface area contributed by atoms with Crippen molar-refractivity contribution in [1.29, 1.82) is 0 Å². The molecular formula is C12H11Cl2N3O2. The highest BCUT2D eigenvalue weighted by atomic mass is 35.5. The van der Waals surface area contributed by atoms with Gasteiger partial charge in [-0.3, -0.25) is 10.1 Å². The Kier molecular flexibility index (Phi) is 3.78. The SMILES string of the molecule is CCc1nn(-c2ccc(C)c(Cl)c2)c(Cl)c1[N+](=O)[O-]. The van der Waals surface area contributed by atoms with Crippen LogP contribution < -0.4 is 0 Å². The fraction of sp³-hybridized carbons (Fsp3) is 0.250. The third-order valence-corrected chi connectivity index (χ3v) is 3.54. The molecule has 2 aromatic rings. The van der Waals surface area contributed by atoms with Gasteiger partial charge in [-0.05, 0) is 31.0 Å². The highest BCUT2D eigenvalue weighted by Crippen LogP contribution is 2.31. The molecule has 1 aromatic carbocycles. The minimum absolute atomic E-state index is 0.0123. The summed E-state index contributed by atoms with van der Waals surface area (Å²) in [5.74, 6) is 0. The molecule has 0 radical (unpaired) electrons. The van der Waals surface area contributed by atoms with Gasteiger partial charge in [0.25, 0.3) is 0 Å². The number of nitrogens with zero attached hydrogens (tertiary/aromatic N) is 3. The molecule has 1 heterocycles. The molecule has 0 saturated carbocycles. The maximum atomic E-state index is 11.0. The van der Waals surface area contributed by atoms with Crippen LogP contribution in [0.5, 0.6) is 0 Å². The molecule has 7 heteroatoms.